The fourth-order valence-electron chi connectivity index (χ4n) is 4.62. The third-order valence-electron chi connectivity index (χ3n) is 6.69. The van der Waals surface area contributed by atoms with Crippen molar-refractivity contribution < 1.29 is 35.2 Å². The van der Waals surface area contributed by atoms with Gasteiger partial charge in [-0.1, -0.05) is 99.9 Å². The second-order valence-electron chi connectivity index (χ2n) is 11.3. The molecule has 3 heteroatoms. The summed E-state index contributed by atoms with van der Waals surface area (Å²) in [5.74, 6) is 0. The molecule has 0 aliphatic heterocycles. The van der Waals surface area contributed by atoms with Crippen molar-refractivity contribution in [2.24, 2.45) is 5.41 Å². The fraction of sp³-hybridized carbons (Fsp3) is 0.190. The molecule has 45 heavy (non-hydrogen) atoms. The zero-order valence-corrected chi connectivity index (χ0v) is 27.7. The average molecular weight is 776 g/mol. The van der Waals surface area contributed by atoms with Crippen LogP contribution in [0.15, 0.2) is 122 Å². The van der Waals surface area contributed by atoms with Crippen molar-refractivity contribution in [2.45, 2.75) is 47.7 Å². The van der Waals surface area contributed by atoms with E-state index in [0.29, 0.717) is 16.8 Å². The first kappa shape index (κ1) is 21.5. The zero-order valence-electron chi connectivity index (χ0n) is 36.3. The van der Waals surface area contributed by atoms with Gasteiger partial charge in [-0.25, -0.2) is 0 Å². The van der Waals surface area contributed by atoms with E-state index < -0.39 is 32.3 Å². The Hall–Kier alpha value is -4.17. The van der Waals surface area contributed by atoms with Crippen LogP contribution in [0, 0.1) is 38.1 Å². The second-order valence-corrected chi connectivity index (χ2v) is 11.3. The molecule has 0 bridgehead atoms. The van der Waals surface area contributed by atoms with Gasteiger partial charge in [0.2, 0.25) is 0 Å². The SMILES string of the molecule is [2H]C([2H])([2H])c1ccc(-c2[c-]cc(C([2H])([2H])[2H])c(-c3ccccc3C([2H])([2H])[2H])c2)nc1.[2H]C([2H])(c1ccc(-c2ccnc(-c3[c-]cccc3)c2)cc1)C(C)(C)C.[Ir]. The van der Waals surface area contributed by atoms with Gasteiger partial charge in [-0.2, -0.15) is 0 Å². The van der Waals surface area contributed by atoms with Crippen LogP contribution in [0.5, 0.6) is 0 Å². The number of hydrogen-bond acceptors (Lipinski definition) is 2. The van der Waals surface area contributed by atoms with Crippen molar-refractivity contribution >= 4 is 0 Å². The van der Waals surface area contributed by atoms with E-state index in [1.165, 1.54) is 36.5 Å². The van der Waals surface area contributed by atoms with Crippen LogP contribution >= 0.6 is 0 Å². The standard InChI is InChI=1S/C22H22N.C20H18N.Ir/c1-22(2,3)16-17-9-11-18(12-10-17)20-13-14-23-21(15-20)19-7-5-4-6-8-19;1-14-8-11-20(21-13-14)17-10-9-16(3)19(12-17)18-7-5-4-6-15(18)2;/h4-7,9-15H,16H2,1-3H3;4-9,11-13H,1-3H3;/q2*-1;/i16D2;1D3,2D3,3D3;. The number of hydrogen-bond donors (Lipinski definition) is 0. The van der Waals surface area contributed by atoms with Crippen LogP contribution < -0.4 is 0 Å². The van der Waals surface area contributed by atoms with Crippen LogP contribution in [0.2, 0.25) is 0 Å². The summed E-state index contributed by atoms with van der Waals surface area (Å²) in [6, 6.07) is 37.7. The van der Waals surface area contributed by atoms with E-state index in [1.807, 2.05) is 81.4 Å². The Kier molecular flexibility index (Phi) is 7.28. The van der Waals surface area contributed by atoms with Crippen LogP contribution in [0.1, 0.15) is 58.1 Å². The third-order valence-corrected chi connectivity index (χ3v) is 6.69. The van der Waals surface area contributed by atoms with E-state index in [0.717, 1.165) is 22.4 Å². The van der Waals surface area contributed by atoms with E-state index in [1.54, 1.807) is 24.4 Å². The van der Waals surface area contributed by atoms with Gasteiger partial charge in [0.1, 0.15) is 0 Å². The van der Waals surface area contributed by atoms with Gasteiger partial charge in [0.25, 0.3) is 0 Å². The molecule has 6 rings (SSSR count). The minimum Gasteiger partial charge on any atom is -0.305 e. The normalized spacial score (nSPS) is 15.6. The fourth-order valence-corrected chi connectivity index (χ4v) is 4.62. The van der Waals surface area contributed by atoms with Crippen LogP contribution in [0.4, 0.5) is 0 Å². The Labute approximate surface area is 298 Å². The molecule has 0 saturated heterocycles. The Balaban J connectivity index is 0.000000248. The van der Waals surface area contributed by atoms with Crippen molar-refractivity contribution in [3.05, 3.63) is 156 Å². The summed E-state index contributed by atoms with van der Waals surface area (Å²) in [5.41, 5.74) is 5.66. The predicted octanol–water partition coefficient (Wildman–Crippen LogP) is 10.9. The topological polar surface area (TPSA) is 25.8 Å². The zero-order chi connectivity index (χ0) is 40.4. The summed E-state index contributed by atoms with van der Waals surface area (Å²) in [6.45, 7) is -1.43. The molecule has 2 aromatic heterocycles. The van der Waals surface area contributed by atoms with Gasteiger partial charge in [0.15, 0.2) is 0 Å². The van der Waals surface area contributed by atoms with Crippen molar-refractivity contribution in [3.63, 3.8) is 0 Å². The van der Waals surface area contributed by atoms with E-state index >= 15 is 0 Å². The molecule has 2 heterocycles. The smallest absolute Gasteiger partial charge is 0.0321 e. The minimum absolute atomic E-state index is 0. The van der Waals surface area contributed by atoms with Gasteiger partial charge in [-0.15, -0.1) is 65.2 Å². The number of rotatable bonds is 5. The number of benzene rings is 4. The summed E-state index contributed by atoms with van der Waals surface area (Å²) >= 11 is 0. The van der Waals surface area contributed by atoms with Crippen LogP contribution in [-0.2, 0) is 26.5 Å². The molecule has 0 fully saturated rings. The molecule has 0 aliphatic rings. The maximum absolute atomic E-state index is 8.39. The Bertz CT molecular complexity index is 2220. The molecule has 6 aromatic rings. The van der Waals surface area contributed by atoms with Crippen molar-refractivity contribution in [1.29, 1.82) is 0 Å². The van der Waals surface area contributed by atoms with Gasteiger partial charge in [-0.05, 0) is 76.3 Å². The largest absolute Gasteiger partial charge is 0.305 e. The molecule has 0 N–H and O–H groups in total. The van der Waals surface area contributed by atoms with E-state index in [4.69, 9.17) is 15.1 Å². The first-order chi connectivity index (χ1) is 25.6. The predicted molar refractivity (Wildman–Crippen MR) is 185 cm³/mol. The summed E-state index contributed by atoms with van der Waals surface area (Å²) in [5, 5.41) is 0. The second kappa shape index (κ2) is 15.2. The maximum Gasteiger partial charge on any atom is 0.0321 e. The molecule has 0 unspecified atom stereocenters. The molecule has 0 aliphatic carbocycles. The van der Waals surface area contributed by atoms with Crippen molar-refractivity contribution in [2.75, 3.05) is 0 Å². The van der Waals surface area contributed by atoms with Gasteiger partial charge in [0.05, 0.1) is 0 Å². The number of pyridine rings is 2. The first-order valence-corrected chi connectivity index (χ1v) is 14.2. The summed E-state index contributed by atoms with van der Waals surface area (Å²) in [7, 11) is 0. The van der Waals surface area contributed by atoms with Gasteiger partial charge >= 0.3 is 0 Å². The van der Waals surface area contributed by atoms with Crippen molar-refractivity contribution in [1.82, 2.24) is 9.97 Å². The van der Waals surface area contributed by atoms with Gasteiger partial charge in [-0.3, -0.25) is 0 Å². The summed E-state index contributed by atoms with van der Waals surface area (Å²) < 4.78 is 86.1. The molecule has 4 aromatic carbocycles. The molecule has 0 amide bonds. The Morgan fingerprint density at radius 2 is 1.49 bits per heavy atom. The quantitative estimate of drug-likeness (QED) is 0.163. The number of aryl methyl sites for hydroxylation is 3. The van der Waals surface area contributed by atoms with Crippen LogP contribution in [-0.4, -0.2) is 9.97 Å². The monoisotopic (exact) mass is 776 g/mol. The third kappa shape index (κ3) is 9.17. The van der Waals surface area contributed by atoms with E-state index in [9.17, 15) is 0 Å². The molecule has 2 nitrogen and oxygen atoms in total. The Morgan fingerprint density at radius 3 is 2.18 bits per heavy atom. The van der Waals surface area contributed by atoms with Crippen molar-refractivity contribution in [3.8, 4) is 44.8 Å². The minimum atomic E-state index is -2.48. The number of nitrogens with zero attached hydrogens (tertiary/aromatic N) is 2. The number of aromatic nitrogens is 2. The summed E-state index contributed by atoms with van der Waals surface area (Å²) in [4.78, 5) is 8.60. The first-order valence-electron chi connectivity index (χ1n) is 19.7. The van der Waals surface area contributed by atoms with Crippen LogP contribution in [0.3, 0.4) is 0 Å². The molecular weight excluding hydrogens is 725 g/mol. The van der Waals surface area contributed by atoms with Crippen LogP contribution in [0.25, 0.3) is 44.8 Å². The Morgan fingerprint density at radius 1 is 0.689 bits per heavy atom. The maximum atomic E-state index is 8.39. The molecule has 0 saturated carbocycles. The van der Waals surface area contributed by atoms with E-state index in [2.05, 4.69) is 22.1 Å². The molecular formula is C42H40IrN2-2. The molecule has 229 valence electrons. The van der Waals surface area contributed by atoms with Gasteiger partial charge < -0.3 is 9.97 Å². The van der Waals surface area contributed by atoms with Gasteiger partial charge in [0, 0.05) is 47.6 Å². The average Bonchev–Trinajstić information content (AvgIpc) is 3.14. The molecule has 1 radical (unpaired) electrons. The van der Waals surface area contributed by atoms with E-state index in [-0.39, 0.29) is 47.9 Å². The summed E-state index contributed by atoms with van der Waals surface area (Å²) in [6.07, 6.45) is 1.66. The molecule has 0 spiro atoms. The molecule has 0 atom stereocenters.